The standard InChI is InChI=1S/C21H20NO/c1-4-22-10-9-14(2)11-19(22)17-13-21-18(12-15(17)3)16-7-5-6-8-20(16)23-21/h5-13H,4H2,1-3H3/q+1. The Balaban J connectivity index is 2.03. The molecule has 2 aromatic carbocycles. The summed E-state index contributed by atoms with van der Waals surface area (Å²) in [6, 6.07) is 17.1. The summed E-state index contributed by atoms with van der Waals surface area (Å²) in [7, 11) is 0. The minimum absolute atomic E-state index is 0.951. The molecule has 0 atom stereocenters. The van der Waals surface area contributed by atoms with E-state index in [1.807, 2.05) is 12.1 Å². The summed E-state index contributed by atoms with van der Waals surface area (Å²) in [5.74, 6) is 0. The molecule has 0 spiro atoms. The van der Waals surface area contributed by atoms with Crippen molar-refractivity contribution < 1.29 is 8.98 Å². The van der Waals surface area contributed by atoms with Gasteiger partial charge in [0.2, 0.25) is 5.69 Å². The van der Waals surface area contributed by atoms with Gasteiger partial charge >= 0.3 is 0 Å². The molecule has 0 fully saturated rings. The van der Waals surface area contributed by atoms with Crippen molar-refractivity contribution >= 4 is 21.9 Å². The first-order valence-electron chi connectivity index (χ1n) is 8.09. The fraction of sp³-hybridized carbons (Fsp3) is 0.190. The van der Waals surface area contributed by atoms with Crippen LogP contribution in [0.25, 0.3) is 33.2 Å². The summed E-state index contributed by atoms with van der Waals surface area (Å²) in [4.78, 5) is 0. The SMILES string of the molecule is CC[n+]1ccc(C)cc1-c1cc2oc3ccccc3c2cc1C. The molecule has 23 heavy (non-hydrogen) atoms. The second-order valence-electron chi connectivity index (χ2n) is 6.14. The second kappa shape index (κ2) is 5.24. The Bertz CT molecular complexity index is 1030. The van der Waals surface area contributed by atoms with Gasteiger partial charge in [0.25, 0.3) is 0 Å². The van der Waals surface area contributed by atoms with Crippen LogP contribution in [0, 0.1) is 13.8 Å². The molecule has 0 N–H and O–H groups in total. The highest BCUT2D eigenvalue weighted by Crippen LogP contribution is 2.33. The molecule has 0 unspecified atom stereocenters. The van der Waals surface area contributed by atoms with E-state index >= 15 is 0 Å². The van der Waals surface area contributed by atoms with E-state index in [0.717, 1.165) is 17.7 Å². The molecule has 0 aliphatic heterocycles. The number of hydrogen-bond donors (Lipinski definition) is 0. The van der Waals surface area contributed by atoms with Crippen molar-refractivity contribution in [2.24, 2.45) is 0 Å². The first-order valence-corrected chi connectivity index (χ1v) is 8.09. The maximum Gasteiger partial charge on any atom is 0.213 e. The zero-order valence-corrected chi connectivity index (χ0v) is 13.8. The van der Waals surface area contributed by atoms with Crippen molar-refractivity contribution in [3.05, 3.63) is 65.9 Å². The third kappa shape index (κ3) is 2.22. The lowest BCUT2D eigenvalue weighted by atomic mass is 10.0. The van der Waals surface area contributed by atoms with E-state index in [1.54, 1.807) is 0 Å². The average Bonchev–Trinajstić information content (AvgIpc) is 2.92. The Morgan fingerprint density at radius 1 is 0.913 bits per heavy atom. The maximum absolute atomic E-state index is 6.06. The number of hydrogen-bond acceptors (Lipinski definition) is 1. The molecule has 2 heteroatoms. The summed E-state index contributed by atoms with van der Waals surface area (Å²) in [6.07, 6.45) is 2.16. The van der Waals surface area contributed by atoms with Crippen molar-refractivity contribution in [3.8, 4) is 11.3 Å². The molecular formula is C21H20NO+. The fourth-order valence-corrected chi connectivity index (χ4v) is 3.30. The van der Waals surface area contributed by atoms with E-state index < -0.39 is 0 Å². The number of fused-ring (bicyclic) bond motifs is 3. The normalized spacial score (nSPS) is 11.4. The number of aryl methyl sites for hydroxylation is 3. The van der Waals surface area contributed by atoms with Crippen LogP contribution in [0.2, 0.25) is 0 Å². The number of benzene rings is 2. The summed E-state index contributed by atoms with van der Waals surface area (Å²) in [5.41, 5.74) is 6.93. The van der Waals surface area contributed by atoms with Gasteiger partial charge in [-0.3, -0.25) is 0 Å². The van der Waals surface area contributed by atoms with E-state index in [4.69, 9.17) is 4.42 Å². The predicted octanol–water partition coefficient (Wildman–Crippen LogP) is 5.18. The molecule has 2 nitrogen and oxygen atoms in total. The van der Waals surface area contributed by atoms with E-state index in [0.29, 0.717) is 0 Å². The lowest BCUT2D eigenvalue weighted by molar-refractivity contribution is -0.682. The molecular weight excluding hydrogens is 282 g/mol. The number of furan rings is 1. The van der Waals surface area contributed by atoms with Crippen LogP contribution < -0.4 is 4.57 Å². The third-order valence-corrected chi connectivity index (χ3v) is 4.53. The van der Waals surface area contributed by atoms with Gasteiger partial charge in [-0.1, -0.05) is 18.2 Å². The molecule has 0 radical (unpaired) electrons. The van der Waals surface area contributed by atoms with Gasteiger partial charge < -0.3 is 4.42 Å². The fourth-order valence-electron chi connectivity index (χ4n) is 3.30. The van der Waals surface area contributed by atoms with Crippen LogP contribution in [-0.4, -0.2) is 0 Å². The Morgan fingerprint density at radius 3 is 2.57 bits per heavy atom. The highest BCUT2D eigenvalue weighted by molar-refractivity contribution is 6.06. The first kappa shape index (κ1) is 14.0. The Kier molecular flexibility index (Phi) is 3.19. The monoisotopic (exact) mass is 302 g/mol. The molecule has 0 bridgehead atoms. The van der Waals surface area contributed by atoms with Crippen molar-refractivity contribution in [2.75, 3.05) is 0 Å². The summed E-state index contributed by atoms with van der Waals surface area (Å²) in [6.45, 7) is 7.44. The molecule has 4 aromatic rings. The van der Waals surface area contributed by atoms with Crippen molar-refractivity contribution in [1.29, 1.82) is 0 Å². The van der Waals surface area contributed by atoms with Gasteiger partial charge in [-0.15, -0.1) is 0 Å². The van der Waals surface area contributed by atoms with Gasteiger partial charge in [0.1, 0.15) is 17.7 Å². The van der Waals surface area contributed by atoms with Crippen molar-refractivity contribution in [1.82, 2.24) is 0 Å². The second-order valence-corrected chi connectivity index (χ2v) is 6.14. The lowest BCUT2D eigenvalue weighted by Gasteiger charge is -2.07. The van der Waals surface area contributed by atoms with Crippen molar-refractivity contribution in [2.45, 2.75) is 27.3 Å². The zero-order valence-electron chi connectivity index (χ0n) is 13.8. The van der Waals surface area contributed by atoms with E-state index in [1.165, 1.54) is 33.2 Å². The van der Waals surface area contributed by atoms with Gasteiger partial charge in [-0.05, 0) is 50.1 Å². The smallest absolute Gasteiger partial charge is 0.213 e. The van der Waals surface area contributed by atoms with Gasteiger partial charge in [0.05, 0.1) is 5.56 Å². The third-order valence-electron chi connectivity index (χ3n) is 4.53. The molecule has 0 aliphatic carbocycles. The molecule has 2 heterocycles. The average molecular weight is 302 g/mol. The molecule has 4 rings (SSSR count). The molecule has 0 aliphatic rings. The van der Waals surface area contributed by atoms with Crippen LogP contribution in [0.5, 0.6) is 0 Å². The van der Waals surface area contributed by atoms with Gasteiger partial charge in [-0.2, -0.15) is 4.57 Å². The summed E-state index contributed by atoms with van der Waals surface area (Å²) in [5, 5.41) is 2.38. The number of aromatic nitrogens is 1. The zero-order chi connectivity index (χ0) is 16.0. The van der Waals surface area contributed by atoms with Crippen LogP contribution >= 0.6 is 0 Å². The number of pyridine rings is 1. The van der Waals surface area contributed by atoms with Gasteiger partial charge in [0, 0.05) is 22.9 Å². The first-order chi connectivity index (χ1) is 11.2. The lowest BCUT2D eigenvalue weighted by Crippen LogP contribution is -2.34. The van der Waals surface area contributed by atoms with Gasteiger partial charge in [0.15, 0.2) is 6.20 Å². The van der Waals surface area contributed by atoms with Crippen LogP contribution in [0.3, 0.4) is 0 Å². The molecule has 0 saturated heterocycles. The van der Waals surface area contributed by atoms with E-state index in [2.05, 4.69) is 67.9 Å². The molecule has 0 amide bonds. The summed E-state index contributed by atoms with van der Waals surface area (Å²) < 4.78 is 8.35. The Labute approximate surface area is 136 Å². The number of rotatable bonds is 2. The highest BCUT2D eigenvalue weighted by atomic mass is 16.3. The molecule has 114 valence electrons. The minimum atomic E-state index is 0.951. The van der Waals surface area contributed by atoms with Crippen LogP contribution in [0.1, 0.15) is 18.1 Å². The molecule has 0 saturated carbocycles. The number of para-hydroxylation sites is 1. The highest BCUT2D eigenvalue weighted by Gasteiger charge is 2.17. The van der Waals surface area contributed by atoms with Crippen molar-refractivity contribution in [3.63, 3.8) is 0 Å². The molecule has 2 aromatic heterocycles. The minimum Gasteiger partial charge on any atom is -0.456 e. The predicted molar refractivity (Wildman–Crippen MR) is 94.5 cm³/mol. The van der Waals surface area contributed by atoms with Crippen LogP contribution in [0.4, 0.5) is 0 Å². The Morgan fingerprint density at radius 2 is 1.74 bits per heavy atom. The van der Waals surface area contributed by atoms with Crippen LogP contribution in [0.15, 0.2) is 59.1 Å². The van der Waals surface area contributed by atoms with E-state index in [9.17, 15) is 0 Å². The van der Waals surface area contributed by atoms with E-state index in [-0.39, 0.29) is 0 Å². The number of nitrogens with zero attached hydrogens (tertiary/aromatic N) is 1. The topological polar surface area (TPSA) is 17.0 Å². The largest absolute Gasteiger partial charge is 0.456 e. The van der Waals surface area contributed by atoms with Gasteiger partial charge in [-0.25, -0.2) is 0 Å². The maximum atomic E-state index is 6.06. The Hall–Kier alpha value is -2.61. The quantitative estimate of drug-likeness (QED) is 0.466. The van der Waals surface area contributed by atoms with Crippen LogP contribution in [-0.2, 0) is 6.54 Å². The summed E-state index contributed by atoms with van der Waals surface area (Å²) >= 11 is 0.